The Labute approximate surface area is 145 Å². The van der Waals surface area contributed by atoms with Crippen molar-refractivity contribution >= 4 is 16.5 Å². The van der Waals surface area contributed by atoms with Crippen LogP contribution in [0.25, 0.3) is 0 Å². The third-order valence-corrected chi connectivity index (χ3v) is 4.98. The fourth-order valence-corrected chi connectivity index (χ4v) is 3.79. The van der Waals surface area contributed by atoms with E-state index >= 15 is 0 Å². The van der Waals surface area contributed by atoms with E-state index in [0.717, 1.165) is 28.1 Å². The molecular weight excluding hydrogens is 326 g/mol. The Balaban J connectivity index is 2.29. The molecule has 2 N–H and O–H groups in total. The molecule has 0 saturated carbocycles. The molecule has 2 rings (SSSR count). The molecule has 132 valence electrons. The van der Waals surface area contributed by atoms with E-state index in [1.54, 1.807) is 19.5 Å². The average molecular weight is 351 g/mol. The van der Waals surface area contributed by atoms with Crippen LogP contribution >= 0.6 is 0 Å². The fraction of sp³-hybridized carbons (Fsp3) is 0.471. The van der Waals surface area contributed by atoms with Crippen LogP contribution in [0, 0.1) is 13.8 Å². The molecule has 6 nitrogen and oxygen atoms in total. The van der Waals surface area contributed by atoms with E-state index in [1.807, 2.05) is 26.8 Å². The Hall–Kier alpha value is -1.86. The maximum Gasteiger partial charge on any atom is 0.196 e. The van der Waals surface area contributed by atoms with Crippen LogP contribution in [0.4, 0.5) is 5.69 Å². The van der Waals surface area contributed by atoms with Gasteiger partial charge in [-0.15, -0.1) is 0 Å². The van der Waals surface area contributed by atoms with Gasteiger partial charge >= 0.3 is 0 Å². The molecule has 0 aliphatic carbocycles. The van der Waals surface area contributed by atoms with Crippen molar-refractivity contribution in [1.29, 1.82) is 0 Å². The number of imidazole rings is 1. The van der Waals surface area contributed by atoms with Gasteiger partial charge in [-0.1, -0.05) is 0 Å². The van der Waals surface area contributed by atoms with E-state index in [0.29, 0.717) is 30.7 Å². The van der Waals surface area contributed by atoms with Gasteiger partial charge in [-0.2, -0.15) is 0 Å². The lowest BCUT2D eigenvalue weighted by Gasteiger charge is -2.19. The zero-order valence-electron chi connectivity index (χ0n) is 14.6. The molecule has 0 bridgehead atoms. The largest absolute Gasteiger partial charge is 0.496 e. The molecule has 1 aromatic heterocycles. The number of nitrogens with one attached hydrogen (secondary N) is 2. The van der Waals surface area contributed by atoms with Gasteiger partial charge in [0.05, 0.1) is 30.3 Å². The minimum atomic E-state index is -1.24. The molecule has 0 aliphatic rings. The minimum Gasteiger partial charge on any atom is -0.496 e. The number of anilines is 1. The normalized spacial score (nSPS) is 12.2. The summed E-state index contributed by atoms with van der Waals surface area (Å²) in [5.41, 5.74) is 3.98. The molecule has 1 heterocycles. The van der Waals surface area contributed by atoms with Crippen molar-refractivity contribution in [3.8, 4) is 5.75 Å². The number of hydrogen-bond acceptors (Lipinski definition) is 5. The summed E-state index contributed by atoms with van der Waals surface area (Å²) in [4.78, 5) is 7.00. The first kappa shape index (κ1) is 18.5. The number of methoxy groups -OCH3 is 1. The number of benzene rings is 1. The second-order valence-corrected chi connectivity index (χ2v) is 6.75. The highest BCUT2D eigenvalue weighted by molar-refractivity contribution is 7.84. The molecule has 0 saturated heterocycles. The number of H-pyrrole nitrogens is 1. The number of aryl methyl sites for hydroxylation is 1. The monoisotopic (exact) mass is 351 g/mol. The molecule has 1 aromatic carbocycles. The highest BCUT2D eigenvalue weighted by atomic mass is 32.2. The summed E-state index contributed by atoms with van der Waals surface area (Å²) in [5, 5.41) is 3.87. The van der Waals surface area contributed by atoms with Crippen LogP contribution in [0.5, 0.6) is 5.75 Å². The van der Waals surface area contributed by atoms with Gasteiger partial charge in [0.15, 0.2) is 5.16 Å². The summed E-state index contributed by atoms with van der Waals surface area (Å²) in [6, 6.07) is 2.03. The van der Waals surface area contributed by atoms with Crippen LogP contribution in [-0.4, -0.2) is 41.0 Å². The lowest BCUT2D eigenvalue weighted by molar-refractivity contribution is 0.158. The average Bonchev–Trinajstić information content (AvgIpc) is 3.09. The molecule has 24 heavy (non-hydrogen) atoms. The number of ether oxygens (including phenoxy) is 2. The molecule has 1 atom stereocenters. The molecular formula is C17H25N3O3S. The summed E-state index contributed by atoms with van der Waals surface area (Å²) in [5.74, 6) is 1.20. The molecule has 2 aromatic rings. The number of rotatable bonds is 9. The van der Waals surface area contributed by atoms with Crippen LogP contribution in [-0.2, 0) is 21.3 Å². The molecule has 0 amide bonds. The maximum absolute atomic E-state index is 12.6. The first-order chi connectivity index (χ1) is 11.6. The highest BCUT2D eigenvalue weighted by Gasteiger charge is 2.17. The van der Waals surface area contributed by atoms with E-state index in [2.05, 4.69) is 15.3 Å². The lowest BCUT2D eigenvalue weighted by atomic mass is 10.0. The number of aromatic nitrogens is 2. The van der Waals surface area contributed by atoms with Gasteiger partial charge in [-0.3, -0.25) is 4.21 Å². The van der Waals surface area contributed by atoms with Crippen LogP contribution in [0.3, 0.4) is 0 Å². The summed E-state index contributed by atoms with van der Waals surface area (Å²) in [6.45, 7) is 7.99. The molecule has 7 heteroatoms. The van der Waals surface area contributed by atoms with Crippen LogP contribution in [0.15, 0.2) is 23.6 Å². The van der Waals surface area contributed by atoms with Crippen molar-refractivity contribution in [3.05, 3.63) is 35.2 Å². The van der Waals surface area contributed by atoms with Crippen molar-refractivity contribution in [3.63, 3.8) is 0 Å². The van der Waals surface area contributed by atoms with Crippen molar-refractivity contribution in [2.45, 2.75) is 31.7 Å². The van der Waals surface area contributed by atoms with E-state index in [-0.39, 0.29) is 0 Å². The lowest BCUT2D eigenvalue weighted by Crippen LogP contribution is -2.13. The summed E-state index contributed by atoms with van der Waals surface area (Å²) >= 11 is 0. The third-order valence-electron chi connectivity index (χ3n) is 3.77. The first-order valence-electron chi connectivity index (χ1n) is 7.94. The number of aromatic amines is 1. The minimum absolute atomic E-state index is 0.368. The van der Waals surface area contributed by atoms with Gasteiger partial charge in [0.1, 0.15) is 5.75 Å². The molecule has 0 radical (unpaired) electrons. The van der Waals surface area contributed by atoms with Gasteiger partial charge in [0.25, 0.3) is 0 Å². The van der Waals surface area contributed by atoms with Gasteiger partial charge in [0.2, 0.25) is 0 Å². The Bertz CT molecular complexity index is 687. The van der Waals surface area contributed by atoms with Gasteiger partial charge in [-0.25, -0.2) is 4.98 Å². The Morgan fingerprint density at radius 3 is 2.79 bits per heavy atom. The van der Waals surface area contributed by atoms with Crippen LogP contribution < -0.4 is 10.1 Å². The second-order valence-electron chi connectivity index (χ2n) is 5.39. The van der Waals surface area contributed by atoms with E-state index < -0.39 is 10.8 Å². The molecule has 0 aliphatic heterocycles. The highest BCUT2D eigenvalue weighted by Crippen LogP contribution is 2.33. The molecule has 0 fully saturated rings. The Kier molecular flexibility index (Phi) is 6.81. The van der Waals surface area contributed by atoms with Gasteiger partial charge in [0, 0.05) is 31.2 Å². The molecule has 1 unspecified atom stereocenters. The summed E-state index contributed by atoms with van der Waals surface area (Å²) < 4.78 is 23.5. The summed E-state index contributed by atoms with van der Waals surface area (Å²) in [7, 11) is 0.414. The standard InChI is InChI=1S/C17H25N3O3S/c1-5-23-9-8-18-15-10-12(2)16(22-4)13(3)14(15)11-24(21)17-19-6-7-20-17/h6-7,10,18H,5,8-9,11H2,1-4H3,(H,19,20). The van der Waals surface area contributed by atoms with E-state index in [9.17, 15) is 4.21 Å². The second kappa shape index (κ2) is 8.84. The number of hydrogen-bond donors (Lipinski definition) is 2. The zero-order chi connectivity index (χ0) is 17.5. The van der Waals surface area contributed by atoms with E-state index in [1.165, 1.54) is 0 Å². The zero-order valence-corrected chi connectivity index (χ0v) is 15.5. The van der Waals surface area contributed by atoms with Gasteiger partial charge < -0.3 is 19.8 Å². The predicted molar refractivity (Wildman–Crippen MR) is 96.2 cm³/mol. The molecule has 0 spiro atoms. The van der Waals surface area contributed by atoms with Crippen molar-refractivity contribution in [1.82, 2.24) is 9.97 Å². The third kappa shape index (κ3) is 4.36. The van der Waals surface area contributed by atoms with E-state index in [4.69, 9.17) is 9.47 Å². The Morgan fingerprint density at radius 1 is 1.38 bits per heavy atom. The Morgan fingerprint density at radius 2 is 2.17 bits per heavy atom. The quantitative estimate of drug-likeness (QED) is 0.680. The first-order valence-corrected chi connectivity index (χ1v) is 9.26. The van der Waals surface area contributed by atoms with Gasteiger partial charge in [-0.05, 0) is 43.5 Å². The topological polar surface area (TPSA) is 76.2 Å². The number of nitrogens with zero attached hydrogens (tertiary/aromatic N) is 1. The summed E-state index contributed by atoms with van der Waals surface area (Å²) in [6.07, 6.45) is 3.29. The van der Waals surface area contributed by atoms with Crippen LogP contribution in [0.2, 0.25) is 0 Å². The van der Waals surface area contributed by atoms with Crippen LogP contribution in [0.1, 0.15) is 23.6 Å². The van der Waals surface area contributed by atoms with Crippen molar-refractivity contribution in [2.75, 3.05) is 32.2 Å². The van der Waals surface area contributed by atoms with Crippen molar-refractivity contribution < 1.29 is 13.7 Å². The predicted octanol–water partition coefficient (Wildman–Crippen LogP) is 2.79. The maximum atomic E-state index is 12.6. The smallest absolute Gasteiger partial charge is 0.196 e. The van der Waals surface area contributed by atoms with Crippen molar-refractivity contribution in [2.24, 2.45) is 0 Å². The SMILES string of the molecule is CCOCCNc1cc(C)c(OC)c(C)c1CS(=O)c1ncc[nH]1. The fourth-order valence-electron chi connectivity index (χ4n) is 2.64.